The summed E-state index contributed by atoms with van der Waals surface area (Å²) < 4.78 is 12.6. The maximum Gasteiger partial charge on any atom is 0.141 e. The first-order valence-electron chi connectivity index (χ1n) is 3.39. The van der Waals surface area contributed by atoms with Gasteiger partial charge in [0.25, 0.3) is 0 Å². The Morgan fingerprint density at radius 2 is 2.25 bits per heavy atom. The van der Waals surface area contributed by atoms with Gasteiger partial charge in [0.2, 0.25) is 0 Å². The predicted molar refractivity (Wildman–Crippen MR) is 50.2 cm³/mol. The Morgan fingerprint density at radius 3 is 2.75 bits per heavy atom. The Kier molecular flexibility index (Phi) is 3.38. The fourth-order valence-electron chi connectivity index (χ4n) is 0.825. The average Bonchev–Trinajstić information content (AvgIpc) is 2.08. The maximum atomic E-state index is 12.6. The summed E-state index contributed by atoms with van der Waals surface area (Å²) in [5.74, 6) is -0.186. The van der Waals surface area contributed by atoms with Gasteiger partial charge in [-0.15, -0.1) is 0 Å². The predicted octanol–water partition coefficient (Wildman–Crippen LogP) is 2.44. The molecule has 1 N–H and O–H groups in total. The lowest BCUT2D eigenvalue weighted by molar-refractivity contribution is 0.204. The summed E-state index contributed by atoms with van der Waals surface area (Å²) in [5, 5.41) is 9.31. The summed E-state index contributed by atoms with van der Waals surface area (Å²) in [4.78, 5) is 0. The number of aliphatic hydroxyl groups is 1. The van der Waals surface area contributed by atoms with E-state index < -0.39 is 11.9 Å². The van der Waals surface area contributed by atoms with Crippen molar-refractivity contribution in [3.05, 3.63) is 34.6 Å². The molecule has 12 heavy (non-hydrogen) atoms. The molecule has 0 aromatic heterocycles. The molecule has 0 aliphatic carbocycles. The van der Waals surface area contributed by atoms with Gasteiger partial charge in [0.15, 0.2) is 0 Å². The molecule has 0 radical (unpaired) electrons. The third kappa shape index (κ3) is 2.12. The van der Waals surface area contributed by atoms with Crippen molar-refractivity contribution in [2.24, 2.45) is 0 Å². The Balaban J connectivity index is 2.96. The minimum atomic E-state index is -0.688. The quantitative estimate of drug-likeness (QED) is 0.713. The Hall–Kier alpha value is -0.250. The first-order valence-corrected chi connectivity index (χ1v) is 4.40. The van der Waals surface area contributed by atoms with Crippen molar-refractivity contribution in [3.63, 3.8) is 0 Å². The van der Waals surface area contributed by atoms with E-state index in [2.05, 4.69) is 12.6 Å². The molecular weight excluding hydrogens is 199 g/mol. The van der Waals surface area contributed by atoms with E-state index in [1.807, 2.05) is 0 Å². The van der Waals surface area contributed by atoms with Gasteiger partial charge in [0.1, 0.15) is 5.82 Å². The van der Waals surface area contributed by atoms with Crippen LogP contribution in [0.4, 0.5) is 4.39 Å². The van der Waals surface area contributed by atoms with E-state index in [0.717, 1.165) is 0 Å². The van der Waals surface area contributed by atoms with Crippen LogP contribution in [0.2, 0.25) is 5.02 Å². The number of rotatable bonds is 2. The third-order valence-corrected chi connectivity index (χ3v) is 2.14. The molecular formula is C8H8ClFOS. The first kappa shape index (κ1) is 9.84. The van der Waals surface area contributed by atoms with E-state index in [9.17, 15) is 9.50 Å². The van der Waals surface area contributed by atoms with Crippen LogP contribution >= 0.6 is 24.2 Å². The zero-order chi connectivity index (χ0) is 9.14. The zero-order valence-electron chi connectivity index (χ0n) is 6.17. The Labute approximate surface area is 80.6 Å². The summed E-state index contributed by atoms with van der Waals surface area (Å²) in [6.45, 7) is 0. The van der Waals surface area contributed by atoms with Crippen LogP contribution < -0.4 is 0 Å². The van der Waals surface area contributed by atoms with Crippen molar-refractivity contribution in [1.29, 1.82) is 0 Å². The van der Waals surface area contributed by atoms with E-state index in [4.69, 9.17) is 11.6 Å². The molecule has 0 fully saturated rings. The van der Waals surface area contributed by atoms with E-state index in [1.54, 1.807) is 0 Å². The molecule has 1 atom stereocenters. The number of thiol groups is 1. The van der Waals surface area contributed by atoms with Crippen molar-refractivity contribution in [1.82, 2.24) is 0 Å². The second-order valence-electron chi connectivity index (χ2n) is 2.37. The molecule has 0 aliphatic heterocycles. The highest BCUT2D eigenvalue weighted by atomic mass is 35.5. The summed E-state index contributed by atoms with van der Waals surface area (Å²) >= 11 is 9.40. The van der Waals surface area contributed by atoms with Crippen LogP contribution in [0.1, 0.15) is 11.7 Å². The minimum Gasteiger partial charge on any atom is -0.388 e. The standard InChI is InChI=1S/C8H8ClFOS/c9-6-3-5(8(11)4-12)1-2-7(6)10/h1-3,8,11-12H,4H2. The van der Waals surface area contributed by atoms with Gasteiger partial charge in [-0.25, -0.2) is 4.39 Å². The largest absolute Gasteiger partial charge is 0.388 e. The molecule has 0 amide bonds. The Morgan fingerprint density at radius 1 is 1.58 bits per heavy atom. The van der Waals surface area contributed by atoms with Crippen molar-refractivity contribution in [2.45, 2.75) is 6.10 Å². The molecule has 0 aliphatic rings. The molecule has 0 saturated carbocycles. The van der Waals surface area contributed by atoms with Crippen molar-refractivity contribution >= 4 is 24.2 Å². The van der Waals surface area contributed by atoms with Gasteiger partial charge in [-0.1, -0.05) is 17.7 Å². The number of benzene rings is 1. The van der Waals surface area contributed by atoms with Gasteiger partial charge >= 0.3 is 0 Å². The van der Waals surface area contributed by atoms with Crippen LogP contribution in [0.25, 0.3) is 0 Å². The molecule has 0 bridgehead atoms. The summed E-state index contributed by atoms with van der Waals surface area (Å²) in [6, 6.07) is 4.12. The van der Waals surface area contributed by atoms with Crippen molar-refractivity contribution in [3.8, 4) is 0 Å². The molecule has 0 saturated heterocycles. The fraction of sp³-hybridized carbons (Fsp3) is 0.250. The molecule has 66 valence electrons. The zero-order valence-corrected chi connectivity index (χ0v) is 7.82. The number of halogens is 2. The van der Waals surface area contributed by atoms with Gasteiger partial charge in [-0.2, -0.15) is 12.6 Å². The van der Waals surface area contributed by atoms with Crippen LogP contribution in [0, 0.1) is 5.82 Å². The normalized spacial score (nSPS) is 13.0. The van der Waals surface area contributed by atoms with Gasteiger partial charge in [0, 0.05) is 5.75 Å². The van der Waals surface area contributed by atoms with E-state index in [-0.39, 0.29) is 5.02 Å². The monoisotopic (exact) mass is 206 g/mol. The topological polar surface area (TPSA) is 20.2 Å². The highest BCUT2D eigenvalue weighted by Crippen LogP contribution is 2.21. The molecule has 0 heterocycles. The SMILES string of the molecule is OC(CS)c1ccc(F)c(Cl)c1. The smallest absolute Gasteiger partial charge is 0.141 e. The third-order valence-electron chi connectivity index (χ3n) is 1.50. The summed E-state index contributed by atoms with van der Waals surface area (Å²) in [6.07, 6.45) is -0.688. The molecule has 1 nitrogen and oxygen atoms in total. The second kappa shape index (κ2) is 4.12. The Bertz CT molecular complexity index is 280. The van der Waals surface area contributed by atoms with Crippen LogP contribution in [0.5, 0.6) is 0 Å². The van der Waals surface area contributed by atoms with E-state index in [0.29, 0.717) is 11.3 Å². The van der Waals surface area contributed by atoms with E-state index in [1.165, 1.54) is 18.2 Å². The molecule has 1 unspecified atom stereocenters. The van der Waals surface area contributed by atoms with Gasteiger partial charge in [0.05, 0.1) is 11.1 Å². The first-order chi connectivity index (χ1) is 5.65. The molecule has 1 aromatic carbocycles. The van der Waals surface area contributed by atoms with E-state index >= 15 is 0 Å². The second-order valence-corrected chi connectivity index (χ2v) is 3.14. The summed E-state index contributed by atoms with van der Waals surface area (Å²) in [5.41, 5.74) is 0.580. The summed E-state index contributed by atoms with van der Waals surface area (Å²) in [7, 11) is 0. The van der Waals surface area contributed by atoms with Crippen LogP contribution in [0.15, 0.2) is 18.2 Å². The lowest BCUT2D eigenvalue weighted by Crippen LogP contribution is -1.98. The molecule has 1 aromatic rings. The number of hydrogen-bond acceptors (Lipinski definition) is 2. The van der Waals surface area contributed by atoms with Crippen molar-refractivity contribution < 1.29 is 9.50 Å². The molecule has 1 rings (SSSR count). The molecule has 0 spiro atoms. The molecule has 4 heteroatoms. The number of hydrogen-bond donors (Lipinski definition) is 2. The van der Waals surface area contributed by atoms with Gasteiger partial charge < -0.3 is 5.11 Å². The maximum absolute atomic E-state index is 12.6. The highest BCUT2D eigenvalue weighted by Gasteiger charge is 2.07. The lowest BCUT2D eigenvalue weighted by atomic mass is 10.1. The highest BCUT2D eigenvalue weighted by molar-refractivity contribution is 7.80. The van der Waals surface area contributed by atoms with Crippen LogP contribution in [-0.2, 0) is 0 Å². The van der Waals surface area contributed by atoms with Crippen molar-refractivity contribution in [2.75, 3.05) is 5.75 Å². The van der Waals surface area contributed by atoms with Gasteiger partial charge in [-0.3, -0.25) is 0 Å². The minimum absolute atomic E-state index is 0.0216. The number of aliphatic hydroxyl groups excluding tert-OH is 1. The van der Waals surface area contributed by atoms with Crippen LogP contribution in [0.3, 0.4) is 0 Å². The fourth-order valence-corrected chi connectivity index (χ4v) is 1.22. The average molecular weight is 207 g/mol. The van der Waals surface area contributed by atoms with Gasteiger partial charge in [-0.05, 0) is 17.7 Å². The van der Waals surface area contributed by atoms with Crippen LogP contribution in [-0.4, -0.2) is 10.9 Å². The lowest BCUT2D eigenvalue weighted by Gasteiger charge is -2.07.